The van der Waals surface area contributed by atoms with E-state index in [1.807, 2.05) is 12.1 Å². The SMILES string of the molecule is O=C=NCc1ccc(CN=C=O)c2c1CCCC2. The van der Waals surface area contributed by atoms with E-state index in [0.717, 1.165) is 36.8 Å². The number of isocyanates is 2. The number of hydrogen-bond donors (Lipinski definition) is 0. The lowest BCUT2D eigenvalue weighted by molar-refractivity contribution is 0.561. The maximum atomic E-state index is 10.2. The van der Waals surface area contributed by atoms with Gasteiger partial charge >= 0.3 is 0 Å². The van der Waals surface area contributed by atoms with Crippen LogP contribution in [0, 0.1) is 0 Å². The first kappa shape index (κ1) is 12.4. The van der Waals surface area contributed by atoms with Crippen LogP contribution in [0.2, 0.25) is 0 Å². The van der Waals surface area contributed by atoms with E-state index in [-0.39, 0.29) is 0 Å². The fourth-order valence-corrected chi connectivity index (χ4v) is 2.55. The monoisotopic (exact) mass is 242 g/mol. The highest BCUT2D eigenvalue weighted by Gasteiger charge is 2.16. The van der Waals surface area contributed by atoms with Crippen molar-refractivity contribution >= 4 is 12.2 Å². The van der Waals surface area contributed by atoms with Crippen LogP contribution < -0.4 is 0 Å². The average Bonchev–Trinajstić information content (AvgIpc) is 2.43. The topological polar surface area (TPSA) is 58.9 Å². The summed E-state index contributed by atoms with van der Waals surface area (Å²) in [7, 11) is 0. The van der Waals surface area contributed by atoms with E-state index in [1.54, 1.807) is 12.2 Å². The van der Waals surface area contributed by atoms with Crippen LogP contribution in [0.5, 0.6) is 0 Å². The molecule has 4 nitrogen and oxygen atoms in total. The maximum absolute atomic E-state index is 10.2. The zero-order chi connectivity index (χ0) is 12.8. The van der Waals surface area contributed by atoms with Gasteiger partial charge in [-0.25, -0.2) is 19.6 Å². The van der Waals surface area contributed by atoms with E-state index < -0.39 is 0 Å². The Hall–Kier alpha value is -2.02. The molecule has 0 aliphatic heterocycles. The molecule has 0 atom stereocenters. The Kier molecular flexibility index (Phi) is 4.19. The zero-order valence-electron chi connectivity index (χ0n) is 10.1. The Morgan fingerprint density at radius 3 is 1.72 bits per heavy atom. The third-order valence-corrected chi connectivity index (χ3v) is 3.36. The second-order valence-corrected chi connectivity index (χ2v) is 4.36. The number of hydrogen-bond acceptors (Lipinski definition) is 4. The summed E-state index contributed by atoms with van der Waals surface area (Å²) in [5, 5.41) is 0. The van der Waals surface area contributed by atoms with E-state index in [2.05, 4.69) is 9.98 Å². The molecule has 0 heterocycles. The molecule has 4 heteroatoms. The molecule has 0 saturated carbocycles. The fraction of sp³-hybridized carbons (Fsp3) is 0.429. The van der Waals surface area contributed by atoms with Gasteiger partial charge in [0.25, 0.3) is 0 Å². The second-order valence-electron chi connectivity index (χ2n) is 4.36. The molecule has 1 aromatic carbocycles. The molecular weight excluding hydrogens is 228 g/mol. The first-order chi connectivity index (χ1) is 8.86. The van der Waals surface area contributed by atoms with Crippen molar-refractivity contribution in [2.75, 3.05) is 0 Å². The molecule has 0 saturated heterocycles. The highest BCUT2D eigenvalue weighted by atomic mass is 16.1. The molecule has 0 bridgehead atoms. The number of benzene rings is 1. The van der Waals surface area contributed by atoms with Gasteiger partial charge in [0.1, 0.15) is 0 Å². The van der Waals surface area contributed by atoms with Crippen LogP contribution in [-0.4, -0.2) is 12.2 Å². The maximum Gasteiger partial charge on any atom is 0.235 e. The number of nitrogens with zero attached hydrogens (tertiary/aromatic N) is 2. The standard InChI is InChI=1S/C14H14N2O2/c17-9-15-7-11-5-6-12(8-16-10-18)14-4-2-1-3-13(11)14/h5-6H,1-4,7-8H2. The van der Waals surface area contributed by atoms with Gasteiger partial charge in [-0.3, -0.25) is 0 Å². The summed E-state index contributed by atoms with van der Waals surface area (Å²) < 4.78 is 0. The molecule has 18 heavy (non-hydrogen) atoms. The lowest BCUT2D eigenvalue weighted by atomic mass is 9.85. The van der Waals surface area contributed by atoms with Gasteiger partial charge in [0, 0.05) is 0 Å². The minimum Gasteiger partial charge on any atom is -0.211 e. The molecule has 0 unspecified atom stereocenters. The third-order valence-electron chi connectivity index (χ3n) is 3.36. The van der Waals surface area contributed by atoms with Crippen LogP contribution in [0.4, 0.5) is 0 Å². The van der Waals surface area contributed by atoms with E-state index in [0.29, 0.717) is 13.1 Å². The molecule has 0 aromatic heterocycles. The van der Waals surface area contributed by atoms with Crippen LogP contribution >= 0.6 is 0 Å². The van der Waals surface area contributed by atoms with Crippen molar-refractivity contribution in [2.24, 2.45) is 9.98 Å². The normalized spacial score (nSPS) is 13.1. The molecule has 0 fully saturated rings. The Balaban J connectivity index is 2.40. The van der Waals surface area contributed by atoms with Crippen molar-refractivity contribution in [3.05, 3.63) is 34.4 Å². The number of rotatable bonds is 4. The number of aliphatic imine (C=N–C) groups is 2. The van der Waals surface area contributed by atoms with Crippen molar-refractivity contribution in [2.45, 2.75) is 38.8 Å². The molecule has 0 spiro atoms. The summed E-state index contributed by atoms with van der Waals surface area (Å²) in [5.41, 5.74) is 4.73. The predicted molar refractivity (Wildman–Crippen MR) is 66.7 cm³/mol. The van der Waals surface area contributed by atoms with Crippen molar-refractivity contribution in [3.63, 3.8) is 0 Å². The summed E-state index contributed by atoms with van der Waals surface area (Å²) in [6, 6.07) is 3.95. The van der Waals surface area contributed by atoms with Gasteiger partial charge < -0.3 is 0 Å². The second kappa shape index (κ2) is 6.06. The van der Waals surface area contributed by atoms with Crippen molar-refractivity contribution in [3.8, 4) is 0 Å². The molecule has 0 amide bonds. The quantitative estimate of drug-likeness (QED) is 0.600. The summed E-state index contributed by atoms with van der Waals surface area (Å²) in [5.74, 6) is 0. The summed E-state index contributed by atoms with van der Waals surface area (Å²) in [6.07, 6.45) is 7.49. The molecule has 0 radical (unpaired) electrons. The molecule has 2 rings (SSSR count). The smallest absolute Gasteiger partial charge is 0.211 e. The highest BCUT2D eigenvalue weighted by Crippen LogP contribution is 2.28. The number of carbonyl (C=O) groups excluding carboxylic acids is 2. The molecule has 0 N–H and O–H groups in total. The van der Waals surface area contributed by atoms with Gasteiger partial charge in [-0.1, -0.05) is 12.1 Å². The third kappa shape index (κ3) is 2.62. The Morgan fingerprint density at radius 2 is 1.33 bits per heavy atom. The largest absolute Gasteiger partial charge is 0.235 e. The lowest BCUT2D eigenvalue weighted by Crippen LogP contribution is -2.09. The minimum atomic E-state index is 0.392. The predicted octanol–water partition coefficient (Wildman–Crippen LogP) is 2.24. The molecule has 1 aliphatic rings. The number of fused-ring (bicyclic) bond motifs is 1. The van der Waals surface area contributed by atoms with Gasteiger partial charge in [0.2, 0.25) is 12.2 Å². The van der Waals surface area contributed by atoms with Gasteiger partial charge in [-0.05, 0) is 47.9 Å². The van der Waals surface area contributed by atoms with Gasteiger partial charge in [0.05, 0.1) is 13.1 Å². The molecule has 1 aromatic rings. The van der Waals surface area contributed by atoms with Crippen molar-refractivity contribution < 1.29 is 9.59 Å². The van der Waals surface area contributed by atoms with Crippen LogP contribution in [0.3, 0.4) is 0 Å². The van der Waals surface area contributed by atoms with Crippen LogP contribution in [-0.2, 0) is 35.5 Å². The van der Waals surface area contributed by atoms with E-state index >= 15 is 0 Å². The van der Waals surface area contributed by atoms with Crippen LogP contribution in [0.15, 0.2) is 22.1 Å². The summed E-state index contributed by atoms with van der Waals surface area (Å²) in [4.78, 5) is 27.7. The first-order valence-corrected chi connectivity index (χ1v) is 6.06. The van der Waals surface area contributed by atoms with E-state index in [1.165, 1.54) is 11.1 Å². The Morgan fingerprint density at radius 1 is 0.889 bits per heavy atom. The molecule has 1 aliphatic carbocycles. The molecular formula is C14H14N2O2. The summed E-state index contributed by atoms with van der Waals surface area (Å²) >= 11 is 0. The van der Waals surface area contributed by atoms with Crippen molar-refractivity contribution in [1.29, 1.82) is 0 Å². The summed E-state index contributed by atoms with van der Waals surface area (Å²) in [6.45, 7) is 0.784. The fourth-order valence-electron chi connectivity index (χ4n) is 2.55. The Bertz CT molecular complexity index is 490. The van der Waals surface area contributed by atoms with Gasteiger partial charge in [-0.2, -0.15) is 0 Å². The zero-order valence-corrected chi connectivity index (χ0v) is 10.1. The lowest BCUT2D eigenvalue weighted by Gasteiger charge is -2.21. The minimum absolute atomic E-state index is 0.392. The average molecular weight is 242 g/mol. The van der Waals surface area contributed by atoms with E-state index in [9.17, 15) is 9.59 Å². The Labute approximate surface area is 105 Å². The first-order valence-electron chi connectivity index (χ1n) is 6.06. The van der Waals surface area contributed by atoms with Crippen LogP contribution in [0.25, 0.3) is 0 Å². The molecule has 92 valence electrons. The van der Waals surface area contributed by atoms with Gasteiger partial charge in [-0.15, -0.1) is 0 Å². The van der Waals surface area contributed by atoms with Crippen LogP contribution in [0.1, 0.15) is 35.1 Å². The van der Waals surface area contributed by atoms with E-state index in [4.69, 9.17) is 0 Å². The van der Waals surface area contributed by atoms with Gasteiger partial charge in [0.15, 0.2) is 0 Å². The highest BCUT2D eigenvalue weighted by molar-refractivity contribution is 5.44. The van der Waals surface area contributed by atoms with Crippen molar-refractivity contribution in [1.82, 2.24) is 0 Å².